The van der Waals surface area contributed by atoms with Crippen LogP contribution in [0.4, 0.5) is 18.9 Å². The molecule has 0 saturated heterocycles. The van der Waals surface area contributed by atoms with E-state index in [0.29, 0.717) is 17.2 Å². The Morgan fingerprint density at radius 3 is 2.46 bits per heavy atom. The maximum absolute atomic E-state index is 13.1. The van der Waals surface area contributed by atoms with Crippen LogP contribution in [0.25, 0.3) is 0 Å². The second kappa shape index (κ2) is 7.89. The molecule has 0 atom stereocenters. The van der Waals surface area contributed by atoms with E-state index in [1.54, 1.807) is 31.4 Å². The molecule has 1 N–H and O–H groups in total. The van der Waals surface area contributed by atoms with E-state index >= 15 is 0 Å². The highest BCUT2D eigenvalue weighted by atomic mass is 19.4. The van der Waals surface area contributed by atoms with Crippen molar-refractivity contribution in [3.05, 3.63) is 53.6 Å². The van der Waals surface area contributed by atoms with E-state index in [2.05, 4.69) is 5.32 Å². The van der Waals surface area contributed by atoms with Gasteiger partial charge in [-0.1, -0.05) is 18.2 Å². The molecule has 140 valence electrons. The van der Waals surface area contributed by atoms with Gasteiger partial charge < -0.3 is 14.8 Å². The maximum Gasteiger partial charge on any atom is 0.416 e. The Balaban J connectivity index is 1.74. The molecule has 0 radical (unpaired) electrons. The molecule has 2 aromatic rings. The molecule has 2 aromatic carbocycles. The number of halogens is 3. The Morgan fingerprint density at radius 2 is 1.77 bits per heavy atom. The van der Waals surface area contributed by atoms with E-state index in [9.17, 15) is 13.2 Å². The molecule has 1 aliphatic rings. The maximum atomic E-state index is 13.1. The lowest BCUT2D eigenvalue weighted by molar-refractivity contribution is -0.138. The molecule has 1 aliphatic carbocycles. The fraction of sp³-hybridized carbons (Fsp3) is 0.400. The third kappa shape index (κ3) is 4.42. The zero-order chi connectivity index (χ0) is 18.6. The van der Waals surface area contributed by atoms with Crippen LogP contribution in [0.15, 0.2) is 42.5 Å². The topological polar surface area (TPSA) is 30.5 Å². The van der Waals surface area contributed by atoms with Gasteiger partial charge in [-0.25, -0.2) is 0 Å². The van der Waals surface area contributed by atoms with Crippen LogP contribution < -0.4 is 14.8 Å². The molecule has 3 nitrogen and oxygen atoms in total. The largest absolute Gasteiger partial charge is 0.493 e. The van der Waals surface area contributed by atoms with Gasteiger partial charge in [0.1, 0.15) is 0 Å². The van der Waals surface area contributed by atoms with E-state index in [-0.39, 0.29) is 18.2 Å². The second-order valence-electron chi connectivity index (χ2n) is 6.40. The summed E-state index contributed by atoms with van der Waals surface area (Å²) in [6, 6.07) is 10.9. The monoisotopic (exact) mass is 365 g/mol. The van der Waals surface area contributed by atoms with Gasteiger partial charge in [-0.05, 0) is 49.4 Å². The minimum Gasteiger partial charge on any atom is -0.493 e. The van der Waals surface area contributed by atoms with E-state index in [4.69, 9.17) is 9.47 Å². The number of benzene rings is 2. The van der Waals surface area contributed by atoms with Gasteiger partial charge in [-0.3, -0.25) is 0 Å². The van der Waals surface area contributed by atoms with Gasteiger partial charge >= 0.3 is 6.18 Å². The molecule has 26 heavy (non-hydrogen) atoms. The van der Waals surface area contributed by atoms with Crippen LogP contribution in [-0.2, 0) is 12.7 Å². The minimum absolute atomic E-state index is 0.0743. The lowest BCUT2D eigenvalue weighted by Gasteiger charge is -2.18. The lowest BCUT2D eigenvalue weighted by Crippen LogP contribution is -2.13. The standard InChI is InChI=1S/C20H22F3NO2/c1-25-18-11-10-15(12-19(18)26-16-7-3-4-8-16)24-13-14-6-2-5-9-17(14)20(21,22)23/h2,5-6,9-12,16,24H,3-4,7-8,13H2,1H3. The highest BCUT2D eigenvalue weighted by Gasteiger charge is 2.32. The molecule has 0 amide bonds. The third-order valence-corrected chi connectivity index (χ3v) is 4.57. The zero-order valence-corrected chi connectivity index (χ0v) is 14.6. The molecule has 3 rings (SSSR count). The van der Waals surface area contributed by atoms with E-state index < -0.39 is 11.7 Å². The van der Waals surface area contributed by atoms with Crippen LogP contribution in [0, 0.1) is 0 Å². The van der Waals surface area contributed by atoms with Gasteiger partial charge in [0.25, 0.3) is 0 Å². The van der Waals surface area contributed by atoms with Crippen LogP contribution in [-0.4, -0.2) is 13.2 Å². The number of methoxy groups -OCH3 is 1. The van der Waals surface area contributed by atoms with Crippen LogP contribution in [0.3, 0.4) is 0 Å². The molecule has 0 bridgehead atoms. The SMILES string of the molecule is COc1ccc(NCc2ccccc2C(F)(F)F)cc1OC1CCCC1. The third-order valence-electron chi connectivity index (χ3n) is 4.57. The Kier molecular flexibility index (Phi) is 5.59. The first-order valence-electron chi connectivity index (χ1n) is 8.71. The van der Waals surface area contributed by atoms with Crippen molar-refractivity contribution < 1.29 is 22.6 Å². The van der Waals surface area contributed by atoms with Gasteiger partial charge in [0.05, 0.1) is 18.8 Å². The van der Waals surface area contributed by atoms with Crippen molar-refractivity contribution in [3.8, 4) is 11.5 Å². The quantitative estimate of drug-likeness (QED) is 0.718. The Labute approximate surface area is 151 Å². The zero-order valence-electron chi connectivity index (χ0n) is 14.6. The number of hydrogen-bond donors (Lipinski definition) is 1. The first-order chi connectivity index (χ1) is 12.5. The predicted molar refractivity (Wildman–Crippen MR) is 94.6 cm³/mol. The summed E-state index contributed by atoms with van der Waals surface area (Å²) in [5.74, 6) is 1.24. The van der Waals surface area contributed by atoms with Crippen LogP contribution >= 0.6 is 0 Å². The number of ether oxygens (including phenoxy) is 2. The van der Waals surface area contributed by atoms with Crippen LogP contribution in [0.5, 0.6) is 11.5 Å². The van der Waals surface area contributed by atoms with Crippen molar-refractivity contribution in [2.24, 2.45) is 0 Å². The van der Waals surface area contributed by atoms with Crippen molar-refractivity contribution >= 4 is 5.69 Å². The summed E-state index contributed by atoms with van der Waals surface area (Å²) < 4.78 is 50.7. The number of nitrogens with one attached hydrogen (secondary N) is 1. The molecule has 0 aromatic heterocycles. The van der Waals surface area contributed by atoms with Gasteiger partial charge in [-0.2, -0.15) is 13.2 Å². The van der Waals surface area contributed by atoms with Crippen LogP contribution in [0.2, 0.25) is 0 Å². The summed E-state index contributed by atoms with van der Waals surface area (Å²) in [7, 11) is 1.57. The van der Waals surface area contributed by atoms with Crippen LogP contribution in [0.1, 0.15) is 36.8 Å². The summed E-state index contributed by atoms with van der Waals surface area (Å²) in [5, 5.41) is 3.05. The highest BCUT2D eigenvalue weighted by molar-refractivity contribution is 5.55. The second-order valence-corrected chi connectivity index (χ2v) is 6.40. The summed E-state index contributed by atoms with van der Waals surface area (Å²) >= 11 is 0. The minimum atomic E-state index is -4.37. The van der Waals surface area contributed by atoms with Crippen molar-refractivity contribution in [1.82, 2.24) is 0 Å². The molecule has 0 unspecified atom stereocenters. The van der Waals surface area contributed by atoms with Gasteiger partial charge in [0.15, 0.2) is 11.5 Å². The van der Waals surface area contributed by atoms with E-state index in [1.807, 2.05) is 0 Å². The number of alkyl halides is 3. The molecular weight excluding hydrogens is 343 g/mol. The molecule has 1 saturated carbocycles. The van der Waals surface area contributed by atoms with Crippen molar-refractivity contribution in [2.75, 3.05) is 12.4 Å². The Bertz CT molecular complexity index is 740. The molecule has 0 spiro atoms. The summed E-state index contributed by atoms with van der Waals surface area (Å²) in [6.45, 7) is 0.0743. The predicted octanol–water partition coefficient (Wildman–Crippen LogP) is 5.65. The number of rotatable bonds is 6. The Morgan fingerprint density at radius 1 is 1.04 bits per heavy atom. The van der Waals surface area contributed by atoms with E-state index in [1.165, 1.54) is 12.1 Å². The first-order valence-corrected chi connectivity index (χ1v) is 8.71. The number of anilines is 1. The molecule has 1 fully saturated rings. The van der Waals surface area contributed by atoms with Crippen molar-refractivity contribution in [2.45, 2.75) is 44.5 Å². The highest BCUT2D eigenvalue weighted by Crippen LogP contribution is 2.35. The number of hydrogen-bond acceptors (Lipinski definition) is 3. The normalized spacial score (nSPS) is 15.1. The summed E-state index contributed by atoms with van der Waals surface area (Å²) in [4.78, 5) is 0. The lowest BCUT2D eigenvalue weighted by atomic mass is 10.1. The molecule has 0 heterocycles. The van der Waals surface area contributed by atoms with Gasteiger partial charge in [-0.15, -0.1) is 0 Å². The summed E-state index contributed by atoms with van der Waals surface area (Å²) in [5.41, 5.74) is 0.272. The van der Waals surface area contributed by atoms with Crippen molar-refractivity contribution in [3.63, 3.8) is 0 Å². The van der Waals surface area contributed by atoms with Crippen molar-refractivity contribution in [1.29, 1.82) is 0 Å². The molecule has 0 aliphatic heterocycles. The van der Waals surface area contributed by atoms with Gasteiger partial charge in [0.2, 0.25) is 0 Å². The first kappa shape index (κ1) is 18.4. The fourth-order valence-electron chi connectivity index (χ4n) is 3.21. The summed E-state index contributed by atoms with van der Waals surface area (Å²) in [6.07, 6.45) is 0.136. The Hall–Kier alpha value is -2.37. The molecular formula is C20H22F3NO2. The van der Waals surface area contributed by atoms with E-state index in [0.717, 1.165) is 31.7 Å². The smallest absolute Gasteiger partial charge is 0.416 e. The average Bonchev–Trinajstić information content (AvgIpc) is 3.13. The van der Waals surface area contributed by atoms with Gasteiger partial charge in [0, 0.05) is 18.3 Å². The average molecular weight is 365 g/mol. The fourth-order valence-corrected chi connectivity index (χ4v) is 3.21. The molecule has 6 heteroatoms.